The molecule has 1 spiro atoms. The SMILES string of the molecule is NNC(c1ncccc1F)C1CCOC2(CCC2)C1. The number of pyridine rings is 1. The molecule has 4 nitrogen and oxygen atoms in total. The van der Waals surface area contributed by atoms with Crippen LogP contribution in [-0.4, -0.2) is 17.2 Å². The second-order valence-electron chi connectivity index (χ2n) is 5.65. The number of hydrazine groups is 1. The van der Waals surface area contributed by atoms with E-state index in [1.165, 1.54) is 12.5 Å². The van der Waals surface area contributed by atoms with Crippen molar-refractivity contribution < 1.29 is 9.13 Å². The van der Waals surface area contributed by atoms with E-state index in [2.05, 4.69) is 10.4 Å². The van der Waals surface area contributed by atoms with Gasteiger partial charge < -0.3 is 4.74 Å². The van der Waals surface area contributed by atoms with Crippen molar-refractivity contribution in [2.75, 3.05) is 6.61 Å². The van der Waals surface area contributed by atoms with Gasteiger partial charge in [-0.3, -0.25) is 16.3 Å². The minimum absolute atomic E-state index is 0.0310. The van der Waals surface area contributed by atoms with Crippen LogP contribution in [0.15, 0.2) is 18.3 Å². The summed E-state index contributed by atoms with van der Waals surface area (Å²) in [5, 5.41) is 0. The molecule has 3 rings (SSSR count). The second-order valence-corrected chi connectivity index (χ2v) is 5.65. The Morgan fingerprint density at radius 1 is 1.53 bits per heavy atom. The minimum Gasteiger partial charge on any atom is -0.375 e. The van der Waals surface area contributed by atoms with E-state index in [1.807, 2.05) is 0 Å². The highest BCUT2D eigenvalue weighted by Crippen LogP contribution is 2.46. The average molecular weight is 265 g/mol. The largest absolute Gasteiger partial charge is 0.375 e. The molecular formula is C14H20FN3O. The van der Waals surface area contributed by atoms with Gasteiger partial charge in [-0.05, 0) is 50.2 Å². The van der Waals surface area contributed by atoms with Gasteiger partial charge in [0.1, 0.15) is 5.82 Å². The van der Waals surface area contributed by atoms with Crippen LogP contribution in [0.5, 0.6) is 0 Å². The number of ether oxygens (including phenoxy) is 1. The Balaban J connectivity index is 1.80. The molecule has 2 unspecified atom stereocenters. The molecule has 104 valence electrons. The van der Waals surface area contributed by atoms with Gasteiger partial charge in [0.15, 0.2) is 0 Å². The molecule has 0 amide bonds. The number of halogens is 1. The van der Waals surface area contributed by atoms with Gasteiger partial charge in [-0.25, -0.2) is 4.39 Å². The summed E-state index contributed by atoms with van der Waals surface area (Å²) >= 11 is 0. The van der Waals surface area contributed by atoms with Crippen molar-refractivity contribution in [1.29, 1.82) is 0 Å². The van der Waals surface area contributed by atoms with Crippen molar-refractivity contribution in [2.24, 2.45) is 11.8 Å². The summed E-state index contributed by atoms with van der Waals surface area (Å²) in [5.41, 5.74) is 3.21. The highest BCUT2D eigenvalue weighted by Gasteiger charge is 2.44. The fourth-order valence-corrected chi connectivity index (χ4v) is 3.33. The molecule has 3 N–H and O–H groups in total. The van der Waals surface area contributed by atoms with Crippen LogP contribution < -0.4 is 11.3 Å². The molecule has 2 heterocycles. The standard InChI is InChI=1S/C14H20FN3O/c15-11-3-1-7-17-13(11)12(18-16)10-4-8-19-14(9-10)5-2-6-14/h1,3,7,10,12,18H,2,4-6,8-9,16H2. The van der Waals surface area contributed by atoms with Gasteiger partial charge in [-0.15, -0.1) is 0 Å². The zero-order chi connectivity index (χ0) is 13.3. The summed E-state index contributed by atoms with van der Waals surface area (Å²) < 4.78 is 19.8. The lowest BCUT2D eigenvalue weighted by Crippen LogP contribution is -2.49. The van der Waals surface area contributed by atoms with Gasteiger partial charge in [-0.2, -0.15) is 0 Å². The van der Waals surface area contributed by atoms with Crippen LogP contribution in [0.1, 0.15) is 43.8 Å². The number of nitrogens with two attached hydrogens (primary N) is 1. The summed E-state index contributed by atoms with van der Waals surface area (Å²) in [6, 6.07) is 2.80. The van der Waals surface area contributed by atoms with E-state index in [0.717, 1.165) is 32.3 Å². The lowest BCUT2D eigenvalue weighted by atomic mass is 9.70. The third kappa shape index (κ3) is 2.38. The molecule has 1 aliphatic carbocycles. The predicted octanol–water partition coefficient (Wildman–Crippen LogP) is 2.07. The Labute approximate surface area is 112 Å². The van der Waals surface area contributed by atoms with E-state index < -0.39 is 0 Å². The Morgan fingerprint density at radius 2 is 2.37 bits per heavy atom. The molecule has 1 aliphatic heterocycles. The van der Waals surface area contributed by atoms with Crippen LogP contribution in [0.25, 0.3) is 0 Å². The quantitative estimate of drug-likeness (QED) is 0.649. The van der Waals surface area contributed by atoms with Crippen LogP contribution >= 0.6 is 0 Å². The van der Waals surface area contributed by atoms with E-state index in [-0.39, 0.29) is 23.4 Å². The molecule has 2 fully saturated rings. The maximum atomic E-state index is 13.9. The highest BCUT2D eigenvalue weighted by atomic mass is 19.1. The van der Waals surface area contributed by atoms with Gasteiger partial charge in [0, 0.05) is 12.8 Å². The van der Waals surface area contributed by atoms with E-state index >= 15 is 0 Å². The first-order chi connectivity index (χ1) is 9.24. The third-order valence-electron chi connectivity index (χ3n) is 4.53. The fraction of sp³-hybridized carbons (Fsp3) is 0.643. The van der Waals surface area contributed by atoms with Crippen molar-refractivity contribution in [3.05, 3.63) is 29.8 Å². The zero-order valence-electron chi connectivity index (χ0n) is 10.9. The van der Waals surface area contributed by atoms with Crippen molar-refractivity contribution in [1.82, 2.24) is 10.4 Å². The number of nitrogens with zero attached hydrogens (tertiary/aromatic N) is 1. The first-order valence-corrected chi connectivity index (χ1v) is 6.95. The van der Waals surface area contributed by atoms with Gasteiger partial charge in [0.25, 0.3) is 0 Å². The summed E-state index contributed by atoms with van der Waals surface area (Å²) in [6.45, 7) is 0.733. The number of aromatic nitrogens is 1. The monoisotopic (exact) mass is 265 g/mol. The summed E-state index contributed by atoms with van der Waals surface area (Å²) in [4.78, 5) is 4.16. The topological polar surface area (TPSA) is 60.2 Å². The van der Waals surface area contributed by atoms with Gasteiger partial charge in [-0.1, -0.05) is 0 Å². The van der Waals surface area contributed by atoms with Crippen molar-refractivity contribution in [3.8, 4) is 0 Å². The van der Waals surface area contributed by atoms with Gasteiger partial charge in [0.05, 0.1) is 17.3 Å². The lowest BCUT2D eigenvalue weighted by molar-refractivity contribution is -0.147. The minimum atomic E-state index is -0.292. The molecule has 1 saturated heterocycles. The molecule has 5 heteroatoms. The van der Waals surface area contributed by atoms with E-state index in [0.29, 0.717) is 5.69 Å². The Bertz CT molecular complexity index is 450. The molecule has 1 aromatic rings. The molecule has 0 radical (unpaired) electrons. The summed E-state index contributed by atoms with van der Waals surface area (Å²) in [6.07, 6.45) is 6.91. The molecular weight excluding hydrogens is 245 g/mol. The zero-order valence-corrected chi connectivity index (χ0v) is 10.9. The molecule has 1 saturated carbocycles. The first-order valence-electron chi connectivity index (χ1n) is 6.95. The lowest BCUT2D eigenvalue weighted by Gasteiger charge is -2.48. The van der Waals surface area contributed by atoms with Crippen LogP contribution in [-0.2, 0) is 4.74 Å². The number of hydrogen-bond acceptors (Lipinski definition) is 4. The number of nitrogens with one attached hydrogen (secondary N) is 1. The maximum absolute atomic E-state index is 13.9. The molecule has 0 aromatic carbocycles. The molecule has 1 aromatic heterocycles. The van der Waals surface area contributed by atoms with Crippen LogP contribution in [0.2, 0.25) is 0 Å². The highest BCUT2D eigenvalue weighted by molar-refractivity contribution is 5.13. The Kier molecular flexibility index (Phi) is 3.52. The van der Waals surface area contributed by atoms with E-state index in [9.17, 15) is 4.39 Å². The normalized spacial score (nSPS) is 26.9. The first kappa shape index (κ1) is 13.0. The smallest absolute Gasteiger partial charge is 0.146 e. The van der Waals surface area contributed by atoms with Crippen LogP contribution in [0.4, 0.5) is 4.39 Å². The van der Waals surface area contributed by atoms with E-state index in [4.69, 9.17) is 10.6 Å². The average Bonchev–Trinajstić information content (AvgIpc) is 2.40. The van der Waals surface area contributed by atoms with Gasteiger partial charge in [0.2, 0.25) is 0 Å². The summed E-state index contributed by atoms with van der Waals surface area (Å²) in [5.74, 6) is 5.64. The van der Waals surface area contributed by atoms with Crippen molar-refractivity contribution in [3.63, 3.8) is 0 Å². The number of hydrogen-bond donors (Lipinski definition) is 2. The maximum Gasteiger partial charge on any atom is 0.146 e. The molecule has 2 aliphatic rings. The van der Waals surface area contributed by atoms with Crippen molar-refractivity contribution >= 4 is 0 Å². The van der Waals surface area contributed by atoms with Crippen LogP contribution in [0, 0.1) is 11.7 Å². The Hall–Kier alpha value is -1.04. The Morgan fingerprint density at radius 3 is 3.00 bits per heavy atom. The molecule has 19 heavy (non-hydrogen) atoms. The fourth-order valence-electron chi connectivity index (χ4n) is 3.33. The van der Waals surface area contributed by atoms with Crippen LogP contribution in [0.3, 0.4) is 0 Å². The number of rotatable bonds is 3. The van der Waals surface area contributed by atoms with Crippen molar-refractivity contribution in [2.45, 2.75) is 43.7 Å². The summed E-state index contributed by atoms with van der Waals surface area (Å²) in [7, 11) is 0. The molecule has 2 atom stereocenters. The third-order valence-corrected chi connectivity index (χ3v) is 4.53. The molecule has 0 bridgehead atoms. The van der Waals surface area contributed by atoms with Gasteiger partial charge >= 0.3 is 0 Å². The predicted molar refractivity (Wildman–Crippen MR) is 69.5 cm³/mol. The second kappa shape index (κ2) is 5.15. The van der Waals surface area contributed by atoms with E-state index in [1.54, 1.807) is 12.3 Å².